The lowest BCUT2D eigenvalue weighted by Gasteiger charge is -2.26. The molecule has 0 aliphatic heterocycles. The van der Waals surface area contributed by atoms with Gasteiger partial charge in [0.05, 0.1) is 6.54 Å². The third-order valence-electron chi connectivity index (χ3n) is 10.5. The molecule has 0 aromatic heterocycles. The molecule has 1 aromatic carbocycles. The number of benzene rings is 1. The third kappa shape index (κ3) is 28.1. The summed E-state index contributed by atoms with van der Waals surface area (Å²) in [5, 5.41) is 26.0. The summed E-state index contributed by atoms with van der Waals surface area (Å²) >= 11 is 1.52. The van der Waals surface area contributed by atoms with Crippen molar-refractivity contribution in [1.82, 2.24) is 31.9 Å². The predicted molar refractivity (Wildman–Crippen MR) is 250 cm³/mol. The Morgan fingerprint density at radius 2 is 1.10 bits per heavy atom. The van der Waals surface area contributed by atoms with Gasteiger partial charge in [-0.1, -0.05) is 96.1 Å². The molecule has 7 amide bonds. The number of phenols is 1. The molecule has 0 saturated heterocycles. The van der Waals surface area contributed by atoms with Crippen LogP contribution in [0.2, 0.25) is 0 Å². The molecule has 4 atom stereocenters. The summed E-state index contributed by atoms with van der Waals surface area (Å²) in [4.78, 5) is 91.9. The van der Waals surface area contributed by atoms with Gasteiger partial charge in [0.15, 0.2) is 0 Å². The first-order valence-corrected chi connectivity index (χ1v) is 24.6. The number of phenolic OH excluding ortho intramolecular Hbond substituents is 1. The average Bonchev–Trinajstić information content (AvgIpc) is 3.24. The van der Waals surface area contributed by atoms with Crippen molar-refractivity contribution in [1.29, 1.82) is 0 Å². The fourth-order valence-electron chi connectivity index (χ4n) is 6.93. The number of unbranched alkanes of at least 4 members (excludes halogenated alkanes) is 13. The summed E-state index contributed by atoms with van der Waals surface area (Å²) in [6.45, 7) is 5.69. The van der Waals surface area contributed by atoms with E-state index in [-0.39, 0.29) is 43.4 Å². The van der Waals surface area contributed by atoms with E-state index in [1.807, 2.05) is 6.26 Å². The lowest BCUT2D eigenvalue weighted by atomic mass is 10.0. The van der Waals surface area contributed by atoms with Crippen LogP contribution in [0.15, 0.2) is 24.3 Å². The monoisotopic (exact) mass is 905 g/mol. The van der Waals surface area contributed by atoms with Crippen LogP contribution < -0.4 is 43.4 Å². The van der Waals surface area contributed by atoms with Gasteiger partial charge in [-0.3, -0.25) is 33.6 Å². The molecule has 1 rings (SSSR count). The zero-order valence-electron chi connectivity index (χ0n) is 38.5. The number of carbonyl (C=O) groups is 7. The second-order valence-corrected chi connectivity index (χ2v) is 17.7. The van der Waals surface area contributed by atoms with Crippen molar-refractivity contribution in [2.24, 2.45) is 11.5 Å². The Kier molecular flexibility index (Phi) is 31.5. The molecule has 358 valence electrons. The minimum absolute atomic E-state index is 0.00956. The van der Waals surface area contributed by atoms with Crippen LogP contribution in [-0.4, -0.2) is 102 Å². The Balaban J connectivity index is 2.92. The summed E-state index contributed by atoms with van der Waals surface area (Å²) in [5.41, 5.74) is 11.6. The average molecular weight is 905 g/mol. The van der Waals surface area contributed by atoms with Crippen molar-refractivity contribution in [3.8, 4) is 5.75 Å². The molecule has 16 nitrogen and oxygen atoms in total. The van der Waals surface area contributed by atoms with E-state index in [4.69, 9.17) is 11.5 Å². The van der Waals surface area contributed by atoms with Crippen LogP contribution in [0.5, 0.6) is 5.75 Å². The van der Waals surface area contributed by atoms with E-state index in [0.717, 1.165) is 25.7 Å². The number of hydrogen-bond acceptors (Lipinski definition) is 10. The summed E-state index contributed by atoms with van der Waals surface area (Å²) < 4.78 is 0. The molecule has 0 unspecified atom stereocenters. The van der Waals surface area contributed by atoms with Crippen molar-refractivity contribution in [3.63, 3.8) is 0 Å². The largest absolute Gasteiger partial charge is 0.508 e. The van der Waals surface area contributed by atoms with E-state index in [2.05, 4.69) is 38.8 Å². The maximum Gasteiger partial charge on any atom is 0.243 e. The predicted octanol–water partition coefficient (Wildman–Crippen LogP) is 4.14. The smallest absolute Gasteiger partial charge is 0.243 e. The molecule has 0 spiro atoms. The van der Waals surface area contributed by atoms with Crippen LogP contribution in [0.25, 0.3) is 0 Å². The van der Waals surface area contributed by atoms with E-state index in [9.17, 15) is 38.7 Å². The fourth-order valence-corrected chi connectivity index (χ4v) is 7.41. The van der Waals surface area contributed by atoms with Crippen molar-refractivity contribution >= 4 is 53.1 Å². The summed E-state index contributed by atoms with van der Waals surface area (Å²) in [7, 11) is 0. The lowest BCUT2D eigenvalue weighted by Crippen LogP contribution is -2.58. The van der Waals surface area contributed by atoms with E-state index in [1.54, 1.807) is 26.0 Å². The van der Waals surface area contributed by atoms with Crippen molar-refractivity contribution in [3.05, 3.63) is 29.8 Å². The number of rotatable bonds is 37. The quantitative estimate of drug-likeness (QED) is 0.0431. The molecule has 0 heterocycles. The molecule has 0 bridgehead atoms. The number of aromatic hydroxyl groups is 1. The molecule has 0 aliphatic carbocycles. The molecule has 11 N–H and O–H groups in total. The number of carbonyl (C=O) groups excluding carboxylic acids is 7. The number of amides is 7. The van der Waals surface area contributed by atoms with Gasteiger partial charge in [0, 0.05) is 25.3 Å². The highest BCUT2D eigenvalue weighted by Crippen LogP contribution is 2.15. The molecule has 1 aromatic rings. The van der Waals surface area contributed by atoms with Crippen molar-refractivity contribution in [2.45, 2.75) is 186 Å². The van der Waals surface area contributed by atoms with Crippen LogP contribution in [0.1, 0.15) is 155 Å². The van der Waals surface area contributed by atoms with Crippen molar-refractivity contribution < 1.29 is 38.7 Å². The number of primary amides is 1. The first-order valence-electron chi connectivity index (χ1n) is 23.2. The maximum absolute atomic E-state index is 13.9. The second-order valence-electron chi connectivity index (χ2n) is 16.7. The lowest BCUT2D eigenvalue weighted by molar-refractivity contribution is -0.134. The van der Waals surface area contributed by atoms with E-state index in [0.29, 0.717) is 43.5 Å². The Morgan fingerprint density at radius 1 is 0.587 bits per heavy atom. The van der Waals surface area contributed by atoms with Gasteiger partial charge in [0.2, 0.25) is 41.4 Å². The van der Waals surface area contributed by atoms with Gasteiger partial charge in [0.1, 0.15) is 29.9 Å². The van der Waals surface area contributed by atoms with Crippen LogP contribution in [0.4, 0.5) is 0 Å². The Morgan fingerprint density at radius 3 is 1.63 bits per heavy atom. The standard InChI is InChI=1S/C46H80N8O8S/c1-5-6-7-8-9-10-11-12-13-14-15-16-17-21-41(57)51-38(28-30-63-4)43(59)49-32-42(58)52-39(31-34-22-24-35(55)25-23-34)46(62)54-37(26-27-40(48)56)45(61)53-36(20-18-19-29-47)44(60)50-33(2)3/h22-25,33,36-39,55H,5-21,26-32,47H2,1-4H3,(H2,48,56)(H,49,59)(H,50,60)(H,51,57)(H,52,58)(H,53,61)(H,54,62)/t36-,37-,38-,39-/m0/s1. The van der Waals surface area contributed by atoms with Gasteiger partial charge in [-0.2, -0.15) is 11.8 Å². The number of nitrogens with one attached hydrogen (secondary N) is 6. The van der Waals surface area contributed by atoms with E-state index < -0.39 is 66.2 Å². The molecule has 0 fully saturated rings. The number of hydrogen-bond donors (Lipinski definition) is 9. The van der Waals surface area contributed by atoms with Crippen LogP contribution >= 0.6 is 11.8 Å². The van der Waals surface area contributed by atoms with Gasteiger partial charge in [-0.15, -0.1) is 0 Å². The zero-order valence-corrected chi connectivity index (χ0v) is 39.4. The minimum atomic E-state index is -1.31. The van der Waals surface area contributed by atoms with Crippen LogP contribution in [0, 0.1) is 0 Å². The van der Waals surface area contributed by atoms with E-state index >= 15 is 0 Å². The minimum Gasteiger partial charge on any atom is -0.508 e. The Bertz CT molecular complexity index is 1500. The zero-order chi connectivity index (χ0) is 46.8. The van der Waals surface area contributed by atoms with Crippen LogP contribution in [0.3, 0.4) is 0 Å². The topological polar surface area (TPSA) is 264 Å². The molecule has 0 radical (unpaired) electrons. The van der Waals surface area contributed by atoms with Gasteiger partial charge in [-0.05, 0) is 88.6 Å². The highest BCUT2D eigenvalue weighted by Gasteiger charge is 2.31. The van der Waals surface area contributed by atoms with Gasteiger partial charge in [0.25, 0.3) is 0 Å². The maximum atomic E-state index is 13.9. The normalized spacial score (nSPS) is 13.0. The second kappa shape index (κ2) is 35.0. The third-order valence-corrected chi connectivity index (χ3v) is 11.2. The SMILES string of the molecule is CCCCCCCCCCCCCCCC(=O)N[C@@H](CCSC)C(=O)NCC(=O)N[C@@H](Cc1ccc(O)cc1)C(=O)N[C@@H](CCC(N)=O)C(=O)N[C@@H](CCCCN)C(=O)NC(C)C. The molecular formula is C46H80N8O8S. The first-order chi connectivity index (χ1) is 30.2. The molecule has 0 aliphatic rings. The number of nitrogens with two attached hydrogens (primary N) is 2. The molecule has 0 saturated carbocycles. The van der Waals surface area contributed by atoms with Crippen LogP contribution in [-0.2, 0) is 40.0 Å². The van der Waals surface area contributed by atoms with Gasteiger partial charge >= 0.3 is 0 Å². The molecular weight excluding hydrogens is 825 g/mol. The highest BCUT2D eigenvalue weighted by atomic mass is 32.2. The van der Waals surface area contributed by atoms with Gasteiger partial charge in [-0.25, -0.2) is 0 Å². The fraction of sp³-hybridized carbons (Fsp3) is 0.717. The summed E-state index contributed by atoms with van der Waals surface area (Å²) in [6.07, 6.45) is 19.0. The molecule has 63 heavy (non-hydrogen) atoms. The number of thioether (sulfide) groups is 1. The van der Waals surface area contributed by atoms with E-state index in [1.165, 1.54) is 81.7 Å². The summed E-state index contributed by atoms with van der Waals surface area (Å²) in [6, 6.07) is 1.38. The van der Waals surface area contributed by atoms with Crippen molar-refractivity contribution in [2.75, 3.05) is 25.1 Å². The summed E-state index contributed by atoms with van der Waals surface area (Å²) in [5.74, 6) is -3.53. The Hall–Kier alpha value is -4.38. The van der Waals surface area contributed by atoms with Gasteiger partial charge < -0.3 is 48.5 Å². The highest BCUT2D eigenvalue weighted by molar-refractivity contribution is 7.98. The first kappa shape index (κ1) is 56.6. The molecule has 17 heteroatoms. The Labute approximate surface area is 380 Å².